The molecule has 0 spiro atoms. The quantitative estimate of drug-likeness (QED) is 0.778. The van der Waals surface area contributed by atoms with Crippen molar-refractivity contribution in [1.29, 1.82) is 0 Å². The van der Waals surface area contributed by atoms with E-state index in [2.05, 4.69) is 80.5 Å². The van der Waals surface area contributed by atoms with E-state index in [-0.39, 0.29) is 6.04 Å². The van der Waals surface area contributed by atoms with Gasteiger partial charge in [0.1, 0.15) is 5.75 Å². The van der Waals surface area contributed by atoms with Crippen LogP contribution in [0.5, 0.6) is 5.75 Å². The van der Waals surface area contributed by atoms with Gasteiger partial charge in [-0.1, -0.05) is 57.0 Å². The first-order valence-corrected chi connectivity index (χ1v) is 8.71. The first-order chi connectivity index (χ1) is 10.2. The van der Waals surface area contributed by atoms with Crippen LogP contribution in [0.25, 0.3) is 0 Å². The second kappa shape index (κ2) is 6.51. The highest BCUT2D eigenvalue weighted by Gasteiger charge is 2.23. The monoisotopic (exact) mass is 409 g/mol. The van der Waals surface area contributed by atoms with Gasteiger partial charge in [-0.25, -0.2) is 0 Å². The van der Waals surface area contributed by atoms with Gasteiger partial charge >= 0.3 is 0 Å². The van der Waals surface area contributed by atoms with Gasteiger partial charge in [-0.15, -0.1) is 0 Å². The molecule has 1 N–H and O–H groups in total. The average molecular weight is 411 g/mol. The maximum atomic E-state index is 5.88. The molecule has 0 radical (unpaired) electrons. The molecule has 0 bridgehead atoms. The summed E-state index contributed by atoms with van der Waals surface area (Å²) >= 11 is 7.16. The summed E-state index contributed by atoms with van der Waals surface area (Å²) in [5, 5.41) is 3.58. The Morgan fingerprint density at radius 1 is 1.19 bits per heavy atom. The molecule has 0 saturated carbocycles. The number of hydrogen-bond donors (Lipinski definition) is 1. The van der Waals surface area contributed by atoms with Crippen molar-refractivity contribution in [2.75, 3.05) is 13.2 Å². The molecule has 4 heteroatoms. The van der Waals surface area contributed by atoms with Crippen LogP contribution >= 0.6 is 31.9 Å². The number of nitrogens with one attached hydrogen (secondary N) is 1. The van der Waals surface area contributed by atoms with Crippen molar-refractivity contribution in [1.82, 2.24) is 5.32 Å². The van der Waals surface area contributed by atoms with Gasteiger partial charge in [0, 0.05) is 20.9 Å². The van der Waals surface area contributed by atoms with Crippen molar-refractivity contribution in [2.24, 2.45) is 0 Å². The van der Waals surface area contributed by atoms with Gasteiger partial charge in [0.05, 0.1) is 12.6 Å². The van der Waals surface area contributed by atoms with Crippen LogP contribution in [0.4, 0.5) is 0 Å². The van der Waals surface area contributed by atoms with E-state index in [4.69, 9.17) is 4.74 Å². The molecule has 1 aliphatic heterocycles. The highest BCUT2D eigenvalue weighted by molar-refractivity contribution is 9.11. The smallest absolute Gasteiger partial charge is 0.127 e. The summed E-state index contributed by atoms with van der Waals surface area (Å²) in [7, 11) is 0. The van der Waals surface area contributed by atoms with Crippen LogP contribution in [-0.2, 0) is 6.42 Å². The van der Waals surface area contributed by atoms with E-state index in [0.29, 0.717) is 0 Å². The van der Waals surface area contributed by atoms with E-state index in [0.717, 1.165) is 34.3 Å². The lowest BCUT2D eigenvalue weighted by molar-refractivity contribution is 0.350. The zero-order valence-corrected chi connectivity index (χ0v) is 15.0. The fourth-order valence-electron chi connectivity index (χ4n) is 2.82. The third-order valence-corrected chi connectivity index (χ3v) is 4.60. The minimum absolute atomic E-state index is 0.136. The Kier molecular flexibility index (Phi) is 4.67. The maximum absolute atomic E-state index is 5.88. The highest BCUT2D eigenvalue weighted by Crippen LogP contribution is 2.37. The molecule has 21 heavy (non-hydrogen) atoms. The Labute approximate surface area is 142 Å². The van der Waals surface area contributed by atoms with Crippen LogP contribution < -0.4 is 10.1 Å². The van der Waals surface area contributed by atoms with E-state index in [1.165, 1.54) is 16.7 Å². The maximum Gasteiger partial charge on any atom is 0.127 e. The van der Waals surface area contributed by atoms with Crippen molar-refractivity contribution in [3.8, 4) is 5.75 Å². The fraction of sp³-hybridized carbons (Fsp3) is 0.294. The molecule has 0 aliphatic carbocycles. The Bertz CT molecular complexity index is 637. The minimum Gasteiger partial charge on any atom is -0.493 e. The summed E-state index contributed by atoms with van der Waals surface area (Å²) in [5.41, 5.74) is 3.75. The lowest BCUT2D eigenvalue weighted by atomic mass is 9.96. The Balaban J connectivity index is 2.08. The van der Waals surface area contributed by atoms with E-state index in [1.807, 2.05) is 0 Å². The first kappa shape index (κ1) is 15.1. The van der Waals surface area contributed by atoms with Crippen LogP contribution in [0.1, 0.15) is 29.7 Å². The second-order valence-electron chi connectivity index (χ2n) is 5.13. The van der Waals surface area contributed by atoms with Crippen LogP contribution in [0.2, 0.25) is 0 Å². The summed E-state index contributed by atoms with van der Waals surface area (Å²) in [4.78, 5) is 0. The highest BCUT2D eigenvalue weighted by atomic mass is 79.9. The number of benzene rings is 2. The summed E-state index contributed by atoms with van der Waals surface area (Å²) in [6.07, 6.45) is 1.00. The molecule has 0 fully saturated rings. The van der Waals surface area contributed by atoms with E-state index in [1.54, 1.807) is 0 Å². The van der Waals surface area contributed by atoms with E-state index in [9.17, 15) is 0 Å². The molecule has 1 atom stereocenters. The van der Waals surface area contributed by atoms with Crippen molar-refractivity contribution >= 4 is 31.9 Å². The summed E-state index contributed by atoms with van der Waals surface area (Å²) in [6.45, 7) is 3.82. The van der Waals surface area contributed by atoms with Crippen LogP contribution in [0, 0.1) is 0 Å². The Morgan fingerprint density at radius 2 is 1.95 bits per heavy atom. The Hall–Kier alpha value is -0.840. The zero-order chi connectivity index (χ0) is 14.8. The molecule has 110 valence electrons. The van der Waals surface area contributed by atoms with Crippen molar-refractivity contribution in [2.45, 2.75) is 19.4 Å². The van der Waals surface area contributed by atoms with Crippen LogP contribution in [0.15, 0.2) is 45.3 Å². The topological polar surface area (TPSA) is 21.3 Å². The number of fused-ring (bicyclic) bond motifs is 1. The molecule has 1 heterocycles. The molecule has 0 saturated heterocycles. The van der Waals surface area contributed by atoms with Crippen LogP contribution in [-0.4, -0.2) is 13.2 Å². The van der Waals surface area contributed by atoms with Gasteiger partial charge in [0.15, 0.2) is 0 Å². The first-order valence-electron chi connectivity index (χ1n) is 7.13. The third kappa shape index (κ3) is 3.17. The standard InChI is InChI=1S/C17H17Br2NO/c1-2-20-16(12-8-13(18)10-14(19)9-12)15-5-3-4-11-6-7-21-17(11)15/h3-5,8-10,16,20H,2,6-7H2,1H3. The molecule has 2 aromatic carbocycles. The van der Waals surface area contributed by atoms with Crippen molar-refractivity contribution < 1.29 is 4.74 Å². The van der Waals surface area contributed by atoms with Gasteiger partial charge in [0.2, 0.25) is 0 Å². The van der Waals surface area contributed by atoms with Gasteiger partial charge < -0.3 is 10.1 Å². The normalized spacial score (nSPS) is 14.6. The molecule has 1 unspecified atom stereocenters. The Morgan fingerprint density at radius 3 is 2.67 bits per heavy atom. The van der Waals surface area contributed by atoms with E-state index < -0.39 is 0 Å². The number of hydrogen-bond acceptors (Lipinski definition) is 2. The number of ether oxygens (including phenoxy) is 1. The van der Waals surface area contributed by atoms with Crippen molar-refractivity contribution in [3.63, 3.8) is 0 Å². The number of para-hydroxylation sites is 1. The number of rotatable bonds is 4. The molecular formula is C17H17Br2NO. The third-order valence-electron chi connectivity index (χ3n) is 3.68. The van der Waals surface area contributed by atoms with Gasteiger partial charge in [-0.3, -0.25) is 0 Å². The molecule has 2 aromatic rings. The lowest BCUT2D eigenvalue weighted by Crippen LogP contribution is -2.22. The molecule has 1 aliphatic rings. The van der Waals surface area contributed by atoms with Crippen LogP contribution in [0.3, 0.4) is 0 Å². The summed E-state index contributed by atoms with van der Waals surface area (Å²) in [6, 6.07) is 13.0. The van der Waals surface area contributed by atoms with Crippen molar-refractivity contribution in [3.05, 3.63) is 62.0 Å². The molecule has 0 amide bonds. The predicted molar refractivity (Wildman–Crippen MR) is 93.0 cm³/mol. The second-order valence-corrected chi connectivity index (χ2v) is 6.96. The molecular weight excluding hydrogens is 394 g/mol. The summed E-state index contributed by atoms with van der Waals surface area (Å²) in [5.74, 6) is 1.06. The van der Waals surface area contributed by atoms with E-state index >= 15 is 0 Å². The largest absolute Gasteiger partial charge is 0.493 e. The SMILES string of the molecule is CCNC(c1cc(Br)cc(Br)c1)c1cccc2c1OCC2. The molecule has 2 nitrogen and oxygen atoms in total. The van der Waals surface area contributed by atoms with Gasteiger partial charge in [-0.05, 0) is 35.9 Å². The number of halogens is 2. The van der Waals surface area contributed by atoms with Gasteiger partial charge in [-0.2, -0.15) is 0 Å². The molecule has 0 aromatic heterocycles. The average Bonchev–Trinajstić information content (AvgIpc) is 2.92. The van der Waals surface area contributed by atoms with Gasteiger partial charge in [0.25, 0.3) is 0 Å². The molecule has 3 rings (SSSR count). The fourth-order valence-corrected chi connectivity index (χ4v) is 4.15. The summed E-state index contributed by atoms with van der Waals surface area (Å²) < 4.78 is 8.02. The zero-order valence-electron chi connectivity index (χ0n) is 11.8. The minimum atomic E-state index is 0.136. The predicted octanol–water partition coefficient (Wildman–Crippen LogP) is 4.85. The lowest BCUT2D eigenvalue weighted by Gasteiger charge is -2.21.